The molecule has 3 aliphatic carbocycles. The fraction of sp³-hybridized carbons (Fsp3) is 0.846. The fourth-order valence-electron chi connectivity index (χ4n) is 3.20. The van der Waals surface area contributed by atoms with Gasteiger partial charge in [0.15, 0.2) is 0 Å². The number of hydrogen-bond acceptors (Lipinski definition) is 1. The van der Waals surface area contributed by atoms with Crippen LogP contribution in [0.25, 0.3) is 0 Å². The van der Waals surface area contributed by atoms with Crippen LogP contribution in [0.15, 0.2) is 11.6 Å². The minimum atomic E-state index is 0.351. The molecular weight excluding hydrogens is 172 g/mol. The predicted molar refractivity (Wildman–Crippen MR) is 59.0 cm³/mol. The van der Waals surface area contributed by atoms with Crippen molar-refractivity contribution in [2.24, 2.45) is 17.3 Å². The number of aliphatic hydroxyl groups excluding tert-OH is 1. The van der Waals surface area contributed by atoms with E-state index < -0.39 is 0 Å². The third-order valence-corrected chi connectivity index (χ3v) is 4.46. The Morgan fingerprint density at radius 3 is 2.79 bits per heavy atom. The van der Waals surface area contributed by atoms with Crippen LogP contribution < -0.4 is 0 Å². The molecule has 0 unspecified atom stereocenters. The van der Waals surface area contributed by atoms with Crippen molar-refractivity contribution in [3.63, 3.8) is 0 Å². The summed E-state index contributed by atoms with van der Waals surface area (Å²) in [7, 11) is 0. The lowest BCUT2D eigenvalue weighted by atomic mass is 9.48. The number of fused-ring (bicyclic) bond motifs is 1. The van der Waals surface area contributed by atoms with Crippen molar-refractivity contribution < 1.29 is 5.11 Å². The van der Waals surface area contributed by atoms with Crippen LogP contribution >= 0.6 is 0 Å². The molecule has 0 aromatic carbocycles. The smallest absolute Gasteiger partial charge is 0.0431 e. The molecule has 0 aliphatic heterocycles. The maximum Gasteiger partial charge on any atom is 0.0431 e. The van der Waals surface area contributed by atoms with E-state index in [-0.39, 0.29) is 0 Å². The summed E-state index contributed by atoms with van der Waals surface area (Å²) in [5.74, 6) is 1.81. The van der Waals surface area contributed by atoms with Crippen molar-refractivity contribution in [3.8, 4) is 0 Å². The molecule has 0 radical (unpaired) electrons. The van der Waals surface area contributed by atoms with Crippen LogP contribution in [0.4, 0.5) is 0 Å². The van der Waals surface area contributed by atoms with Gasteiger partial charge in [-0.05, 0) is 49.4 Å². The largest absolute Gasteiger partial charge is 0.396 e. The fourth-order valence-corrected chi connectivity index (χ4v) is 3.20. The van der Waals surface area contributed by atoms with Gasteiger partial charge in [-0.3, -0.25) is 0 Å². The highest BCUT2D eigenvalue weighted by Gasteiger charge is 2.50. The first-order valence-electron chi connectivity index (χ1n) is 5.96. The van der Waals surface area contributed by atoms with Crippen molar-refractivity contribution in [2.45, 2.75) is 46.0 Å². The molecule has 80 valence electrons. The minimum absolute atomic E-state index is 0.351. The molecule has 1 saturated carbocycles. The standard InChI is InChI=1S/C13H22O/c1-13(2)11-7-6-10(12(13)9-11)5-3-4-8-14/h6,11-12,14H,3-5,7-9H2,1-2H3/t11-,12-/m0/s1. The average Bonchev–Trinajstić information content (AvgIpc) is 2.18. The van der Waals surface area contributed by atoms with Crippen LogP contribution in [-0.2, 0) is 0 Å². The van der Waals surface area contributed by atoms with Crippen LogP contribution in [0.2, 0.25) is 0 Å². The molecular formula is C13H22O. The molecule has 0 aromatic heterocycles. The molecule has 3 aliphatic rings. The molecule has 1 nitrogen and oxygen atoms in total. The molecule has 1 fully saturated rings. The topological polar surface area (TPSA) is 20.2 Å². The molecule has 0 spiro atoms. The van der Waals surface area contributed by atoms with Gasteiger partial charge in [-0.15, -0.1) is 0 Å². The Morgan fingerprint density at radius 1 is 1.43 bits per heavy atom. The quantitative estimate of drug-likeness (QED) is 0.538. The van der Waals surface area contributed by atoms with Crippen molar-refractivity contribution in [1.29, 1.82) is 0 Å². The second-order valence-electron chi connectivity index (χ2n) is 5.50. The van der Waals surface area contributed by atoms with Gasteiger partial charge < -0.3 is 5.11 Å². The third kappa shape index (κ3) is 1.52. The molecule has 2 bridgehead atoms. The molecule has 0 aromatic rings. The van der Waals surface area contributed by atoms with E-state index in [2.05, 4.69) is 19.9 Å². The Balaban J connectivity index is 1.91. The molecule has 3 rings (SSSR count). The summed E-state index contributed by atoms with van der Waals surface area (Å²) in [5, 5.41) is 8.75. The number of unbranched alkanes of at least 4 members (excludes halogenated alkanes) is 1. The molecule has 14 heavy (non-hydrogen) atoms. The lowest BCUT2D eigenvalue weighted by molar-refractivity contribution is -0.00846. The van der Waals surface area contributed by atoms with Crippen LogP contribution in [0.3, 0.4) is 0 Å². The van der Waals surface area contributed by atoms with E-state index in [4.69, 9.17) is 5.11 Å². The van der Waals surface area contributed by atoms with Crippen LogP contribution in [0.1, 0.15) is 46.0 Å². The Labute approximate surface area is 87.2 Å². The second-order valence-corrected chi connectivity index (χ2v) is 5.50. The van der Waals surface area contributed by atoms with E-state index in [0.29, 0.717) is 12.0 Å². The lowest BCUT2D eigenvalue weighted by Crippen LogP contribution is -2.47. The van der Waals surface area contributed by atoms with E-state index in [1.165, 1.54) is 25.7 Å². The maximum atomic E-state index is 8.75. The number of allylic oxidation sites excluding steroid dienone is 2. The summed E-state index contributed by atoms with van der Waals surface area (Å²) in [6, 6.07) is 0. The maximum absolute atomic E-state index is 8.75. The van der Waals surface area contributed by atoms with Crippen molar-refractivity contribution >= 4 is 0 Å². The molecule has 0 heterocycles. The molecule has 0 saturated heterocycles. The van der Waals surface area contributed by atoms with Crippen molar-refractivity contribution in [3.05, 3.63) is 11.6 Å². The van der Waals surface area contributed by atoms with E-state index >= 15 is 0 Å². The van der Waals surface area contributed by atoms with E-state index in [0.717, 1.165) is 18.3 Å². The highest BCUT2D eigenvalue weighted by atomic mass is 16.2. The Morgan fingerprint density at radius 2 is 2.21 bits per heavy atom. The Kier molecular flexibility index (Phi) is 2.70. The highest BCUT2D eigenvalue weighted by Crippen LogP contribution is 2.59. The average molecular weight is 194 g/mol. The van der Waals surface area contributed by atoms with Gasteiger partial charge in [0.2, 0.25) is 0 Å². The summed E-state index contributed by atoms with van der Waals surface area (Å²) >= 11 is 0. The SMILES string of the molecule is CC1(C)[C@H]2CC=C(CCCCO)[C@@H]1C2. The van der Waals surface area contributed by atoms with Gasteiger partial charge >= 0.3 is 0 Å². The van der Waals surface area contributed by atoms with Gasteiger partial charge in [0, 0.05) is 6.61 Å². The summed E-state index contributed by atoms with van der Waals surface area (Å²) in [6.07, 6.45) is 8.56. The first-order valence-corrected chi connectivity index (χ1v) is 5.96. The van der Waals surface area contributed by atoms with Gasteiger partial charge in [-0.25, -0.2) is 0 Å². The number of rotatable bonds is 4. The third-order valence-electron chi connectivity index (χ3n) is 4.46. The zero-order valence-electron chi connectivity index (χ0n) is 9.42. The summed E-state index contributed by atoms with van der Waals surface area (Å²) < 4.78 is 0. The van der Waals surface area contributed by atoms with E-state index in [9.17, 15) is 0 Å². The van der Waals surface area contributed by atoms with E-state index in [1.807, 2.05) is 0 Å². The number of aliphatic hydroxyl groups is 1. The zero-order chi connectivity index (χ0) is 10.2. The summed E-state index contributed by atoms with van der Waals surface area (Å²) in [5.41, 5.74) is 2.26. The second kappa shape index (κ2) is 3.69. The van der Waals surface area contributed by atoms with Crippen molar-refractivity contribution in [1.82, 2.24) is 0 Å². The normalized spacial score (nSPS) is 33.5. The Bertz CT molecular complexity index is 240. The van der Waals surface area contributed by atoms with Gasteiger partial charge in [0.05, 0.1) is 0 Å². The molecule has 1 N–H and O–H groups in total. The van der Waals surface area contributed by atoms with Gasteiger partial charge in [-0.2, -0.15) is 0 Å². The monoisotopic (exact) mass is 194 g/mol. The first-order chi connectivity index (χ1) is 6.66. The molecule has 2 atom stereocenters. The number of hydrogen-bond donors (Lipinski definition) is 1. The summed E-state index contributed by atoms with van der Waals surface area (Å²) in [6.45, 7) is 5.19. The van der Waals surface area contributed by atoms with Crippen LogP contribution in [0.5, 0.6) is 0 Å². The molecule has 1 heteroatoms. The van der Waals surface area contributed by atoms with Crippen LogP contribution in [0, 0.1) is 17.3 Å². The Hall–Kier alpha value is -0.300. The summed E-state index contributed by atoms with van der Waals surface area (Å²) in [4.78, 5) is 0. The first kappa shape index (κ1) is 10.2. The van der Waals surface area contributed by atoms with E-state index in [1.54, 1.807) is 5.57 Å². The molecule has 0 amide bonds. The zero-order valence-corrected chi connectivity index (χ0v) is 9.42. The van der Waals surface area contributed by atoms with Crippen LogP contribution in [-0.4, -0.2) is 11.7 Å². The highest BCUT2D eigenvalue weighted by molar-refractivity contribution is 5.23. The predicted octanol–water partition coefficient (Wildman–Crippen LogP) is 3.14. The van der Waals surface area contributed by atoms with Gasteiger partial charge in [-0.1, -0.05) is 25.5 Å². The van der Waals surface area contributed by atoms with Crippen molar-refractivity contribution in [2.75, 3.05) is 6.61 Å². The van der Waals surface area contributed by atoms with Gasteiger partial charge in [0.25, 0.3) is 0 Å². The van der Waals surface area contributed by atoms with Gasteiger partial charge in [0.1, 0.15) is 0 Å². The lowest BCUT2D eigenvalue weighted by Gasteiger charge is -2.56. The minimum Gasteiger partial charge on any atom is -0.396 e.